The first-order chi connectivity index (χ1) is 9.63. The van der Waals surface area contributed by atoms with Crippen molar-refractivity contribution in [2.45, 2.75) is 6.54 Å². The van der Waals surface area contributed by atoms with Crippen molar-refractivity contribution in [3.05, 3.63) is 54.0 Å². The van der Waals surface area contributed by atoms with Crippen molar-refractivity contribution >= 4 is 22.5 Å². The molecule has 3 rings (SSSR count). The summed E-state index contributed by atoms with van der Waals surface area (Å²) in [6.07, 6.45) is 1.58. The molecule has 0 spiro atoms. The van der Waals surface area contributed by atoms with Gasteiger partial charge in [-0.15, -0.1) is 0 Å². The first-order valence-corrected chi connectivity index (χ1v) is 6.11. The molecule has 0 saturated heterocycles. The lowest BCUT2D eigenvalue weighted by Crippen LogP contribution is -2.14. The molecule has 0 aliphatic carbocycles. The Balaban J connectivity index is 1.92. The molecular formula is C14H13N5O. The van der Waals surface area contributed by atoms with E-state index in [-0.39, 0.29) is 11.4 Å². The maximum absolute atomic E-state index is 11.1. The minimum Gasteiger partial charge on any atom is -0.396 e. The van der Waals surface area contributed by atoms with E-state index in [1.807, 2.05) is 36.4 Å². The highest BCUT2D eigenvalue weighted by Gasteiger charge is 2.11. The van der Waals surface area contributed by atoms with Crippen LogP contribution in [0.4, 0.5) is 5.69 Å². The van der Waals surface area contributed by atoms with Gasteiger partial charge >= 0.3 is 0 Å². The second-order valence-electron chi connectivity index (χ2n) is 4.49. The van der Waals surface area contributed by atoms with Crippen LogP contribution in [0.1, 0.15) is 16.2 Å². The topological polar surface area (TPSA) is 99.8 Å². The number of fused-ring (bicyclic) bond motifs is 1. The van der Waals surface area contributed by atoms with Crippen LogP contribution < -0.4 is 11.5 Å². The van der Waals surface area contributed by atoms with E-state index >= 15 is 0 Å². The summed E-state index contributed by atoms with van der Waals surface area (Å²) < 4.78 is 1.56. The number of nitrogens with zero attached hydrogens (tertiary/aromatic N) is 3. The molecule has 0 fully saturated rings. The summed E-state index contributed by atoms with van der Waals surface area (Å²) >= 11 is 0. The van der Waals surface area contributed by atoms with Crippen molar-refractivity contribution < 1.29 is 4.79 Å². The summed E-state index contributed by atoms with van der Waals surface area (Å²) in [7, 11) is 0. The second-order valence-corrected chi connectivity index (χ2v) is 4.49. The van der Waals surface area contributed by atoms with Crippen LogP contribution in [0.15, 0.2) is 42.6 Å². The smallest absolute Gasteiger partial charge is 0.271 e. The van der Waals surface area contributed by atoms with E-state index in [0.29, 0.717) is 6.54 Å². The fourth-order valence-electron chi connectivity index (χ4n) is 2.07. The minimum absolute atomic E-state index is 0.0887. The standard InChI is InChI=1S/C14H13N5O/c15-11-8-19(18-13(11)14(16)20)7-10-6-5-9-3-1-2-4-12(9)17-10/h1-6,8H,7,15H2,(H2,16,20). The maximum Gasteiger partial charge on any atom is 0.271 e. The van der Waals surface area contributed by atoms with Gasteiger partial charge < -0.3 is 11.5 Å². The zero-order chi connectivity index (χ0) is 14.1. The number of carbonyl (C=O) groups is 1. The Hall–Kier alpha value is -2.89. The molecule has 0 aliphatic heterocycles. The monoisotopic (exact) mass is 267 g/mol. The average Bonchev–Trinajstić information content (AvgIpc) is 2.79. The van der Waals surface area contributed by atoms with Crippen molar-refractivity contribution in [1.29, 1.82) is 0 Å². The molecule has 3 aromatic rings. The quantitative estimate of drug-likeness (QED) is 0.743. The van der Waals surface area contributed by atoms with Gasteiger partial charge in [0, 0.05) is 11.6 Å². The Morgan fingerprint density at radius 3 is 2.75 bits per heavy atom. The highest BCUT2D eigenvalue weighted by Crippen LogP contribution is 2.14. The first-order valence-electron chi connectivity index (χ1n) is 6.11. The van der Waals surface area contributed by atoms with Crippen LogP contribution in [0.25, 0.3) is 10.9 Å². The third-order valence-corrected chi connectivity index (χ3v) is 3.00. The molecule has 100 valence electrons. The second kappa shape index (κ2) is 4.65. The summed E-state index contributed by atoms with van der Waals surface area (Å²) in [5, 5.41) is 5.14. The van der Waals surface area contributed by atoms with Crippen molar-refractivity contribution in [2.75, 3.05) is 5.73 Å². The van der Waals surface area contributed by atoms with Gasteiger partial charge in [0.05, 0.1) is 23.4 Å². The van der Waals surface area contributed by atoms with Crippen molar-refractivity contribution in [1.82, 2.24) is 14.8 Å². The number of pyridine rings is 1. The number of primary amides is 1. The lowest BCUT2D eigenvalue weighted by molar-refractivity contribution is 0.0995. The molecule has 0 aliphatic rings. The van der Waals surface area contributed by atoms with E-state index in [9.17, 15) is 4.79 Å². The van der Waals surface area contributed by atoms with Crippen LogP contribution in [0.3, 0.4) is 0 Å². The third-order valence-electron chi connectivity index (χ3n) is 3.00. The average molecular weight is 267 g/mol. The molecule has 6 nitrogen and oxygen atoms in total. The first kappa shape index (κ1) is 12.2. The fraction of sp³-hybridized carbons (Fsp3) is 0.0714. The molecule has 1 amide bonds. The van der Waals surface area contributed by atoms with Crippen LogP contribution in [-0.2, 0) is 6.54 Å². The van der Waals surface area contributed by atoms with Gasteiger partial charge in [0.1, 0.15) is 0 Å². The van der Waals surface area contributed by atoms with Crippen molar-refractivity contribution in [3.63, 3.8) is 0 Å². The maximum atomic E-state index is 11.1. The molecule has 0 radical (unpaired) electrons. The zero-order valence-corrected chi connectivity index (χ0v) is 10.7. The van der Waals surface area contributed by atoms with Gasteiger partial charge in [0.2, 0.25) is 0 Å². The number of rotatable bonds is 3. The molecule has 0 atom stereocenters. The summed E-state index contributed by atoms with van der Waals surface area (Å²) in [5.41, 5.74) is 13.0. The number of hydrogen-bond acceptors (Lipinski definition) is 4. The van der Waals surface area contributed by atoms with E-state index in [0.717, 1.165) is 16.6 Å². The molecule has 0 unspecified atom stereocenters. The van der Waals surface area contributed by atoms with Crippen LogP contribution >= 0.6 is 0 Å². The normalized spacial score (nSPS) is 10.8. The highest BCUT2D eigenvalue weighted by molar-refractivity contribution is 5.95. The summed E-state index contributed by atoms with van der Waals surface area (Å²) in [5.74, 6) is -0.632. The number of amides is 1. The molecule has 6 heteroatoms. The van der Waals surface area contributed by atoms with E-state index in [2.05, 4.69) is 10.1 Å². The number of para-hydroxylation sites is 1. The highest BCUT2D eigenvalue weighted by atomic mass is 16.1. The van der Waals surface area contributed by atoms with Crippen LogP contribution in [0.5, 0.6) is 0 Å². The Kier molecular flexibility index (Phi) is 2.83. The van der Waals surface area contributed by atoms with Crippen molar-refractivity contribution in [3.8, 4) is 0 Å². The molecule has 1 aromatic carbocycles. The third kappa shape index (κ3) is 2.18. The Morgan fingerprint density at radius 2 is 2.00 bits per heavy atom. The largest absolute Gasteiger partial charge is 0.396 e. The Bertz CT molecular complexity index is 793. The number of hydrogen-bond donors (Lipinski definition) is 2. The summed E-state index contributed by atoms with van der Waals surface area (Å²) in [6, 6.07) is 11.8. The van der Waals surface area contributed by atoms with Gasteiger partial charge in [-0.05, 0) is 12.1 Å². The van der Waals surface area contributed by atoms with Gasteiger partial charge in [-0.1, -0.05) is 24.3 Å². The SMILES string of the molecule is NC(=O)c1nn(Cc2ccc3ccccc3n2)cc1N. The number of aromatic nitrogens is 3. The van der Waals surface area contributed by atoms with Gasteiger partial charge in [0.25, 0.3) is 5.91 Å². The number of nitrogen functional groups attached to an aromatic ring is 1. The van der Waals surface area contributed by atoms with Gasteiger partial charge in [-0.3, -0.25) is 14.5 Å². The van der Waals surface area contributed by atoms with Gasteiger partial charge in [0.15, 0.2) is 5.69 Å². The number of anilines is 1. The number of carbonyl (C=O) groups excluding carboxylic acids is 1. The fourth-order valence-corrected chi connectivity index (χ4v) is 2.07. The molecule has 2 aromatic heterocycles. The predicted octanol–water partition coefficient (Wildman–Crippen LogP) is 1.16. The van der Waals surface area contributed by atoms with Gasteiger partial charge in [-0.25, -0.2) is 0 Å². The lowest BCUT2D eigenvalue weighted by Gasteiger charge is -2.03. The lowest BCUT2D eigenvalue weighted by atomic mass is 10.2. The van der Waals surface area contributed by atoms with Crippen LogP contribution in [0.2, 0.25) is 0 Å². The van der Waals surface area contributed by atoms with Crippen LogP contribution in [-0.4, -0.2) is 20.7 Å². The molecule has 2 heterocycles. The number of benzene rings is 1. The molecule has 0 saturated carbocycles. The zero-order valence-electron chi connectivity index (χ0n) is 10.7. The van der Waals surface area contributed by atoms with Crippen molar-refractivity contribution in [2.24, 2.45) is 5.73 Å². The predicted molar refractivity (Wildman–Crippen MR) is 76.0 cm³/mol. The van der Waals surface area contributed by atoms with Crippen LogP contribution in [0, 0.1) is 0 Å². The van der Waals surface area contributed by atoms with E-state index in [1.54, 1.807) is 10.9 Å². The molecular weight excluding hydrogens is 254 g/mol. The van der Waals surface area contributed by atoms with Gasteiger partial charge in [-0.2, -0.15) is 5.10 Å². The Labute approximate surface area is 115 Å². The molecule has 20 heavy (non-hydrogen) atoms. The molecule has 0 bridgehead atoms. The molecule has 4 N–H and O–H groups in total. The minimum atomic E-state index is -0.632. The van der Waals surface area contributed by atoms with E-state index < -0.39 is 5.91 Å². The van der Waals surface area contributed by atoms with E-state index in [1.165, 1.54) is 0 Å². The number of nitrogens with two attached hydrogens (primary N) is 2. The van der Waals surface area contributed by atoms with E-state index in [4.69, 9.17) is 11.5 Å². The summed E-state index contributed by atoms with van der Waals surface area (Å²) in [6.45, 7) is 0.433. The summed E-state index contributed by atoms with van der Waals surface area (Å²) in [4.78, 5) is 15.6. The Morgan fingerprint density at radius 1 is 1.20 bits per heavy atom.